The van der Waals surface area contributed by atoms with Gasteiger partial charge in [-0.25, -0.2) is 4.79 Å². The number of halogens is 1. The van der Waals surface area contributed by atoms with Gasteiger partial charge in [-0.2, -0.15) is 0 Å². The Balaban J connectivity index is 2.87. The van der Waals surface area contributed by atoms with Crippen LogP contribution in [-0.2, 0) is 0 Å². The van der Waals surface area contributed by atoms with Crippen LogP contribution >= 0.6 is 15.9 Å². The third kappa shape index (κ3) is 2.90. The van der Waals surface area contributed by atoms with E-state index in [1.54, 1.807) is 12.1 Å². The Kier molecular flexibility index (Phi) is 4.59. The number of benzene rings is 1. The topological polar surface area (TPSA) is 65.7 Å². The van der Waals surface area contributed by atoms with Gasteiger partial charge in [-0.3, -0.25) is 4.79 Å². The number of ether oxygens (including phenoxy) is 2. The number of methoxy groups -OCH3 is 1. The SMILES string of the molecule is C=COc1c(OC)ccc(C=O)c1-c1cc(Br)coc1=O. The van der Waals surface area contributed by atoms with Crippen LogP contribution in [0.5, 0.6) is 11.5 Å². The molecular formula is C15H11BrO5. The third-order valence-electron chi connectivity index (χ3n) is 2.75. The second-order valence-electron chi connectivity index (χ2n) is 3.93. The fourth-order valence-corrected chi connectivity index (χ4v) is 2.22. The molecule has 21 heavy (non-hydrogen) atoms. The van der Waals surface area contributed by atoms with E-state index in [-0.39, 0.29) is 16.9 Å². The first-order valence-corrected chi connectivity index (χ1v) is 6.64. The molecule has 0 aliphatic carbocycles. The maximum atomic E-state index is 12.0. The van der Waals surface area contributed by atoms with Crippen molar-refractivity contribution in [3.05, 3.63) is 57.8 Å². The van der Waals surface area contributed by atoms with E-state index in [9.17, 15) is 9.59 Å². The van der Waals surface area contributed by atoms with Crippen LogP contribution in [0.3, 0.4) is 0 Å². The van der Waals surface area contributed by atoms with Gasteiger partial charge in [-0.15, -0.1) is 0 Å². The van der Waals surface area contributed by atoms with Crippen molar-refractivity contribution in [2.75, 3.05) is 7.11 Å². The molecule has 0 radical (unpaired) electrons. The van der Waals surface area contributed by atoms with E-state index in [1.807, 2.05) is 0 Å². The number of carbonyl (C=O) groups is 1. The smallest absolute Gasteiger partial charge is 0.343 e. The van der Waals surface area contributed by atoms with Crippen molar-refractivity contribution >= 4 is 22.2 Å². The van der Waals surface area contributed by atoms with E-state index in [4.69, 9.17) is 13.9 Å². The lowest BCUT2D eigenvalue weighted by Gasteiger charge is -2.14. The molecule has 0 atom stereocenters. The molecule has 0 amide bonds. The zero-order chi connectivity index (χ0) is 15.4. The molecule has 0 spiro atoms. The molecular weight excluding hydrogens is 340 g/mol. The minimum absolute atomic E-state index is 0.183. The number of rotatable bonds is 5. The maximum Gasteiger partial charge on any atom is 0.343 e. The first-order chi connectivity index (χ1) is 10.1. The Morgan fingerprint density at radius 2 is 2.14 bits per heavy atom. The summed E-state index contributed by atoms with van der Waals surface area (Å²) in [4.78, 5) is 23.3. The summed E-state index contributed by atoms with van der Waals surface area (Å²) in [7, 11) is 1.46. The van der Waals surface area contributed by atoms with E-state index < -0.39 is 5.63 Å². The van der Waals surface area contributed by atoms with Crippen LogP contribution in [0.15, 0.2) is 51.0 Å². The predicted molar refractivity (Wildman–Crippen MR) is 80.9 cm³/mol. The minimum Gasteiger partial charge on any atom is -0.493 e. The quantitative estimate of drug-likeness (QED) is 0.610. The summed E-state index contributed by atoms with van der Waals surface area (Å²) in [5.74, 6) is 0.595. The third-order valence-corrected chi connectivity index (χ3v) is 3.17. The fourth-order valence-electron chi connectivity index (χ4n) is 1.89. The molecule has 5 nitrogen and oxygen atoms in total. The highest BCUT2D eigenvalue weighted by molar-refractivity contribution is 9.10. The van der Waals surface area contributed by atoms with Gasteiger partial charge in [-0.05, 0) is 34.1 Å². The molecule has 1 aromatic carbocycles. The van der Waals surface area contributed by atoms with Crippen LogP contribution in [0, 0.1) is 0 Å². The largest absolute Gasteiger partial charge is 0.493 e. The molecule has 108 valence electrons. The summed E-state index contributed by atoms with van der Waals surface area (Å²) < 4.78 is 16.0. The van der Waals surface area contributed by atoms with E-state index in [1.165, 1.54) is 25.7 Å². The first-order valence-electron chi connectivity index (χ1n) is 5.84. The molecule has 0 fully saturated rings. The predicted octanol–water partition coefficient (Wildman–Crippen LogP) is 3.41. The van der Waals surface area contributed by atoms with Crippen molar-refractivity contribution in [1.82, 2.24) is 0 Å². The van der Waals surface area contributed by atoms with Gasteiger partial charge in [0.2, 0.25) is 0 Å². The lowest BCUT2D eigenvalue weighted by atomic mass is 10.00. The van der Waals surface area contributed by atoms with Gasteiger partial charge in [0.25, 0.3) is 0 Å². The van der Waals surface area contributed by atoms with Gasteiger partial charge in [0.15, 0.2) is 17.8 Å². The molecule has 0 unspecified atom stereocenters. The van der Waals surface area contributed by atoms with Crippen LogP contribution in [0.1, 0.15) is 10.4 Å². The molecule has 0 aliphatic rings. The second kappa shape index (κ2) is 6.41. The number of carbonyl (C=O) groups excluding carboxylic acids is 1. The highest BCUT2D eigenvalue weighted by Gasteiger charge is 2.20. The second-order valence-corrected chi connectivity index (χ2v) is 4.85. The van der Waals surface area contributed by atoms with Gasteiger partial charge in [0.1, 0.15) is 6.26 Å². The lowest BCUT2D eigenvalue weighted by molar-refractivity contribution is 0.112. The monoisotopic (exact) mass is 350 g/mol. The molecule has 2 rings (SSSR count). The van der Waals surface area contributed by atoms with Gasteiger partial charge >= 0.3 is 5.63 Å². The molecule has 0 saturated heterocycles. The van der Waals surface area contributed by atoms with E-state index >= 15 is 0 Å². The van der Waals surface area contributed by atoms with E-state index in [0.29, 0.717) is 22.1 Å². The van der Waals surface area contributed by atoms with Crippen molar-refractivity contribution in [1.29, 1.82) is 0 Å². The molecule has 0 N–H and O–H groups in total. The van der Waals surface area contributed by atoms with E-state index in [0.717, 1.165) is 0 Å². The normalized spacial score (nSPS) is 10.0. The maximum absolute atomic E-state index is 12.0. The fraction of sp³-hybridized carbons (Fsp3) is 0.0667. The summed E-state index contributed by atoms with van der Waals surface area (Å²) in [6.45, 7) is 3.48. The zero-order valence-electron chi connectivity index (χ0n) is 11.1. The molecule has 1 aromatic heterocycles. The Hall–Kier alpha value is -2.34. The van der Waals surface area contributed by atoms with Crippen LogP contribution < -0.4 is 15.1 Å². The standard InChI is InChI=1S/C15H11BrO5/c1-3-20-14-12(19-2)5-4-9(7-17)13(14)11-6-10(16)8-21-15(11)18/h3-8H,1H2,2H3. The number of hydrogen-bond acceptors (Lipinski definition) is 5. The van der Waals surface area contributed by atoms with Crippen LogP contribution in [-0.4, -0.2) is 13.4 Å². The summed E-state index contributed by atoms with van der Waals surface area (Å²) in [6.07, 6.45) is 3.08. The molecule has 2 aromatic rings. The summed E-state index contributed by atoms with van der Waals surface area (Å²) in [5.41, 5.74) is 0.156. The average Bonchev–Trinajstić information content (AvgIpc) is 2.49. The minimum atomic E-state index is -0.594. The van der Waals surface area contributed by atoms with Gasteiger partial charge in [-0.1, -0.05) is 6.58 Å². The molecule has 0 aliphatic heterocycles. The summed E-state index contributed by atoms with van der Waals surface area (Å²) in [5, 5.41) is 0. The Labute approximate surface area is 128 Å². The zero-order valence-corrected chi connectivity index (χ0v) is 12.7. The van der Waals surface area contributed by atoms with Crippen molar-refractivity contribution in [3.63, 3.8) is 0 Å². The van der Waals surface area contributed by atoms with Crippen LogP contribution in [0.4, 0.5) is 0 Å². The Bertz CT molecular complexity index is 748. The van der Waals surface area contributed by atoms with Crippen molar-refractivity contribution in [2.45, 2.75) is 0 Å². The first kappa shape index (κ1) is 15.1. The average molecular weight is 351 g/mol. The van der Waals surface area contributed by atoms with Gasteiger partial charge < -0.3 is 13.9 Å². The summed E-state index contributed by atoms with van der Waals surface area (Å²) >= 11 is 3.23. The summed E-state index contributed by atoms with van der Waals surface area (Å²) in [6, 6.07) is 4.66. The highest BCUT2D eigenvalue weighted by Crippen LogP contribution is 2.39. The van der Waals surface area contributed by atoms with Gasteiger partial charge in [0, 0.05) is 11.1 Å². The lowest BCUT2D eigenvalue weighted by Crippen LogP contribution is -2.06. The van der Waals surface area contributed by atoms with Crippen LogP contribution in [0.25, 0.3) is 11.1 Å². The van der Waals surface area contributed by atoms with Gasteiger partial charge in [0.05, 0.1) is 23.4 Å². The molecule has 0 saturated carbocycles. The number of hydrogen-bond donors (Lipinski definition) is 0. The number of aldehydes is 1. The highest BCUT2D eigenvalue weighted by atomic mass is 79.9. The molecule has 0 bridgehead atoms. The van der Waals surface area contributed by atoms with Crippen molar-refractivity contribution in [3.8, 4) is 22.6 Å². The Morgan fingerprint density at radius 1 is 1.38 bits per heavy atom. The Morgan fingerprint density at radius 3 is 2.76 bits per heavy atom. The van der Waals surface area contributed by atoms with Crippen molar-refractivity contribution in [2.24, 2.45) is 0 Å². The van der Waals surface area contributed by atoms with Crippen LogP contribution in [0.2, 0.25) is 0 Å². The molecule has 6 heteroatoms. The van der Waals surface area contributed by atoms with Crippen molar-refractivity contribution < 1.29 is 18.7 Å². The van der Waals surface area contributed by atoms with E-state index in [2.05, 4.69) is 22.5 Å². The molecule has 1 heterocycles.